The molecule has 2 aromatic rings. The van der Waals surface area contributed by atoms with Gasteiger partial charge in [-0.3, -0.25) is 4.79 Å². The van der Waals surface area contributed by atoms with Crippen molar-refractivity contribution >= 4 is 5.91 Å². The molecule has 22 heavy (non-hydrogen) atoms. The molecule has 0 aliphatic rings. The number of aryl methyl sites for hydroxylation is 1. The summed E-state index contributed by atoms with van der Waals surface area (Å²) in [7, 11) is 3.15. The SMILES string of the molecule is COc1ccc(CC(=O)NCc2cc(C)ncn2)cc1OC. The van der Waals surface area contributed by atoms with Crippen molar-refractivity contribution in [2.24, 2.45) is 0 Å². The van der Waals surface area contributed by atoms with Gasteiger partial charge in [-0.25, -0.2) is 9.97 Å². The molecule has 1 aromatic heterocycles. The number of ether oxygens (including phenoxy) is 2. The van der Waals surface area contributed by atoms with Crippen LogP contribution >= 0.6 is 0 Å². The molecule has 116 valence electrons. The maximum atomic E-state index is 12.0. The minimum absolute atomic E-state index is 0.0801. The van der Waals surface area contributed by atoms with Crippen LogP contribution < -0.4 is 14.8 Å². The predicted octanol–water partition coefficient (Wildman–Crippen LogP) is 1.66. The molecule has 1 N–H and O–H groups in total. The Morgan fingerprint density at radius 2 is 1.91 bits per heavy atom. The Kier molecular flexibility index (Phi) is 5.30. The fourth-order valence-corrected chi connectivity index (χ4v) is 2.03. The lowest BCUT2D eigenvalue weighted by Crippen LogP contribution is -2.25. The zero-order chi connectivity index (χ0) is 15.9. The molecular formula is C16H19N3O3. The monoisotopic (exact) mass is 301 g/mol. The highest BCUT2D eigenvalue weighted by Crippen LogP contribution is 2.27. The van der Waals surface area contributed by atoms with Gasteiger partial charge in [-0.15, -0.1) is 0 Å². The van der Waals surface area contributed by atoms with E-state index < -0.39 is 0 Å². The molecule has 6 nitrogen and oxygen atoms in total. The lowest BCUT2D eigenvalue weighted by molar-refractivity contribution is -0.120. The maximum Gasteiger partial charge on any atom is 0.224 e. The smallest absolute Gasteiger partial charge is 0.224 e. The average molecular weight is 301 g/mol. The Bertz CT molecular complexity index is 659. The van der Waals surface area contributed by atoms with Gasteiger partial charge >= 0.3 is 0 Å². The van der Waals surface area contributed by atoms with Crippen molar-refractivity contribution in [3.05, 3.63) is 47.5 Å². The van der Waals surface area contributed by atoms with Crippen molar-refractivity contribution in [2.75, 3.05) is 14.2 Å². The van der Waals surface area contributed by atoms with Crippen LogP contribution in [0.5, 0.6) is 11.5 Å². The summed E-state index contributed by atoms with van der Waals surface area (Å²) in [6.45, 7) is 2.27. The van der Waals surface area contributed by atoms with Crippen LogP contribution in [0.15, 0.2) is 30.6 Å². The summed E-state index contributed by atoms with van der Waals surface area (Å²) < 4.78 is 10.4. The highest BCUT2D eigenvalue weighted by atomic mass is 16.5. The van der Waals surface area contributed by atoms with Crippen molar-refractivity contribution in [2.45, 2.75) is 19.9 Å². The van der Waals surface area contributed by atoms with Crippen molar-refractivity contribution in [3.8, 4) is 11.5 Å². The zero-order valence-corrected chi connectivity index (χ0v) is 12.9. The number of nitrogens with zero attached hydrogens (tertiary/aromatic N) is 2. The van der Waals surface area contributed by atoms with Crippen LogP contribution in [-0.4, -0.2) is 30.1 Å². The van der Waals surface area contributed by atoms with Gasteiger partial charge in [0.1, 0.15) is 6.33 Å². The molecule has 0 saturated carbocycles. The van der Waals surface area contributed by atoms with Crippen LogP contribution in [0.3, 0.4) is 0 Å². The summed E-state index contributed by atoms with van der Waals surface area (Å²) in [5, 5.41) is 2.84. The van der Waals surface area contributed by atoms with E-state index >= 15 is 0 Å². The van der Waals surface area contributed by atoms with E-state index in [1.54, 1.807) is 26.4 Å². The first-order valence-electron chi connectivity index (χ1n) is 6.87. The number of methoxy groups -OCH3 is 2. The summed E-state index contributed by atoms with van der Waals surface area (Å²) in [5.41, 5.74) is 2.52. The van der Waals surface area contributed by atoms with Crippen molar-refractivity contribution in [3.63, 3.8) is 0 Å². The van der Waals surface area contributed by atoms with Gasteiger partial charge in [0.2, 0.25) is 5.91 Å². The Morgan fingerprint density at radius 3 is 2.59 bits per heavy atom. The molecule has 0 atom stereocenters. The van der Waals surface area contributed by atoms with Gasteiger partial charge in [-0.2, -0.15) is 0 Å². The highest BCUT2D eigenvalue weighted by molar-refractivity contribution is 5.78. The molecule has 2 rings (SSSR count). The molecule has 0 bridgehead atoms. The third kappa shape index (κ3) is 4.18. The predicted molar refractivity (Wildman–Crippen MR) is 81.9 cm³/mol. The number of hydrogen-bond acceptors (Lipinski definition) is 5. The number of carbonyl (C=O) groups is 1. The highest BCUT2D eigenvalue weighted by Gasteiger charge is 2.08. The molecule has 0 aliphatic carbocycles. The normalized spacial score (nSPS) is 10.1. The van der Waals surface area contributed by atoms with Crippen molar-refractivity contribution in [1.82, 2.24) is 15.3 Å². The summed E-state index contributed by atoms with van der Waals surface area (Å²) in [5.74, 6) is 1.17. The topological polar surface area (TPSA) is 73.3 Å². The van der Waals surface area contributed by atoms with Crippen molar-refractivity contribution in [1.29, 1.82) is 0 Å². The van der Waals surface area contributed by atoms with E-state index in [0.717, 1.165) is 17.0 Å². The summed E-state index contributed by atoms with van der Waals surface area (Å²) >= 11 is 0. The van der Waals surface area contributed by atoms with E-state index in [4.69, 9.17) is 9.47 Å². The Balaban J connectivity index is 1.94. The number of amides is 1. The Morgan fingerprint density at radius 1 is 1.14 bits per heavy atom. The number of hydrogen-bond donors (Lipinski definition) is 1. The third-order valence-corrected chi connectivity index (χ3v) is 3.14. The molecular weight excluding hydrogens is 282 g/mol. The van der Waals surface area contributed by atoms with E-state index in [2.05, 4.69) is 15.3 Å². The van der Waals surface area contributed by atoms with Gasteiger partial charge in [0, 0.05) is 5.69 Å². The van der Waals surface area contributed by atoms with Gasteiger partial charge in [0.15, 0.2) is 11.5 Å². The molecule has 6 heteroatoms. The minimum atomic E-state index is -0.0801. The van der Waals surface area contributed by atoms with Crippen LogP contribution in [0.2, 0.25) is 0 Å². The van der Waals surface area contributed by atoms with E-state index in [1.807, 2.05) is 19.1 Å². The third-order valence-electron chi connectivity index (χ3n) is 3.14. The van der Waals surface area contributed by atoms with Gasteiger partial charge < -0.3 is 14.8 Å². The largest absolute Gasteiger partial charge is 0.493 e. The van der Waals surface area contributed by atoms with Gasteiger partial charge in [0.25, 0.3) is 0 Å². The van der Waals surface area contributed by atoms with Crippen LogP contribution in [0.1, 0.15) is 17.0 Å². The van der Waals surface area contributed by atoms with E-state index in [9.17, 15) is 4.79 Å². The number of aromatic nitrogens is 2. The summed E-state index contributed by atoms with van der Waals surface area (Å²) in [6.07, 6.45) is 1.76. The van der Waals surface area contributed by atoms with Crippen LogP contribution in [-0.2, 0) is 17.8 Å². The van der Waals surface area contributed by atoms with Gasteiger partial charge in [0.05, 0.1) is 32.9 Å². The number of benzene rings is 1. The van der Waals surface area contributed by atoms with Gasteiger partial charge in [-0.05, 0) is 30.7 Å². The van der Waals surface area contributed by atoms with Gasteiger partial charge in [-0.1, -0.05) is 6.07 Å². The Labute approximate surface area is 129 Å². The molecule has 0 radical (unpaired) electrons. The molecule has 0 unspecified atom stereocenters. The minimum Gasteiger partial charge on any atom is -0.493 e. The summed E-state index contributed by atoms with van der Waals surface area (Å²) in [4.78, 5) is 20.1. The second-order valence-electron chi connectivity index (χ2n) is 4.79. The van der Waals surface area contributed by atoms with Crippen LogP contribution in [0.25, 0.3) is 0 Å². The quantitative estimate of drug-likeness (QED) is 0.878. The molecule has 0 saturated heterocycles. The second kappa shape index (κ2) is 7.40. The fraction of sp³-hybridized carbons (Fsp3) is 0.312. The first-order chi connectivity index (χ1) is 10.6. The Hall–Kier alpha value is -2.63. The number of nitrogens with one attached hydrogen (secondary N) is 1. The molecule has 0 fully saturated rings. The van der Waals surface area contributed by atoms with E-state index in [-0.39, 0.29) is 12.3 Å². The lowest BCUT2D eigenvalue weighted by atomic mass is 10.1. The number of carbonyl (C=O) groups excluding carboxylic acids is 1. The maximum absolute atomic E-state index is 12.0. The molecule has 1 heterocycles. The molecule has 0 spiro atoms. The molecule has 1 amide bonds. The average Bonchev–Trinajstić information content (AvgIpc) is 2.53. The summed E-state index contributed by atoms with van der Waals surface area (Å²) in [6, 6.07) is 7.27. The van der Waals surface area contributed by atoms with E-state index in [1.165, 1.54) is 6.33 Å². The molecule has 1 aromatic carbocycles. The first kappa shape index (κ1) is 15.8. The van der Waals surface area contributed by atoms with Crippen LogP contribution in [0.4, 0.5) is 0 Å². The standard InChI is InChI=1S/C16H19N3O3/c1-11-6-13(19-10-18-11)9-17-16(20)8-12-4-5-14(21-2)15(7-12)22-3/h4-7,10H,8-9H2,1-3H3,(H,17,20). The fourth-order valence-electron chi connectivity index (χ4n) is 2.03. The zero-order valence-electron chi connectivity index (χ0n) is 12.9. The van der Waals surface area contributed by atoms with Crippen molar-refractivity contribution < 1.29 is 14.3 Å². The molecule has 0 aliphatic heterocycles. The van der Waals surface area contributed by atoms with E-state index in [0.29, 0.717) is 18.0 Å². The first-order valence-corrected chi connectivity index (χ1v) is 6.87. The lowest BCUT2D eigenvalue weighted by Gasteiger charge is -2.10. The van der Waals surface area contributed by atoms with Crippen LogP contribution in [0, 0.1) is 6.92 Å². The number of rotatable bonds is 6. The second-order valence-corrected chi connectivity index (χ2v) is 4.79.